The fourth-order valence-corrected chi connectivity index (χ4v) is 2.82. The Hall–Kier alpha value is -1.88. The lowest BCUT2D eigenvalue weighted by Gasteiger charge is -2.22. The summed E-state index contributed by atoms with van der Waals surface area (Å²) in [6, 6.07) is 9.96. The van der Waals surface area contributed by atoms with Crippen LogP contribution in [-0.4, -0.2) is 42.4 Å². The molecule has 0 aliphatic carbocycles. The van der Waals surface area contributed by atoms with Crippen molar-refractivity contribution >= 4 is 11.8 Å². The summed E-state index contributed by atoms with van der Waals surface area (Å²) >= 11 is 0. The Morgan fingerprint density at radius 1 is 1.30 bits per heavy atom. The lowest BCUT2D eigenvalue weighted by atomic mass is 10.1. The van der Waals surface area contributed by atoms with E-state index in [9.17, 15) is 9.59 Å². The summed E-state index contributed by atoms with van der Waals surface area (Å²) in [5.41, 5.74) is 1.27. The molecule has 1 aromatic rings. The Kier molecular flexibility index (Phi) is 7.07. The third kappa shape index (κ3) is 6.02. The maximum absolute atomic E-state index is 12.2. The van der Waals surface area contributed by atoms with Crippen LogP contribution < -0.4 is 10.6 Å². The first-order chi connectivity index (χ1) is 11.2. The van der Waals surface area contributed by atoms with Crippen LogP contribution in [0.5, 0.6) is 0 Å². The van der Waals surface area contributed by atoms with Gasteiger partial charge in [-0.1, -0.05) is 43.7 Å². The Morgan fingerprint density at radius 2 is 2.09 bits per heavy atom. The molecule has 5 nitrogen and oxygen atoms in total. The van der Waals surface area contributed by atoms with Crippen LogP contribution in [0.1, 0.15) is 38.2 Å². The second kappa shape index (κ2) is 9.30. The van der Waals surface area contributed by atoms with Crippen molar-refractivity contribution < 1.29 is 9.59 Å². The van der Waals surface area contributed by atoms with Gasteiger partial charge >= 0.3 is 0 Å². The fraction of sp³-hybridized carbons (Fsp3) is 0.556. The van der Waals surface area contributed by atoms with Gasteiger partial charge in [0.05, 0.1) is 0 Å². The van der Waals surface area contributed by atoms with Crippen molar-refractivity contribution in [3.05, 3.63) is 35.9 Å². The molecule has 1 aromatic carbocycles. The van der Waals surface area contributed by atoms with E-state index in [1.165, 1.54) is 5.56 Å². The molecule has 2 N–H and O–H groups in total. The summed E-state index contributed by atoms with van der Waals surface area (Å²) in [4.78, 5) is 26.0. The zero-order chi connectivity index (χ0) is 16.5. The van der Waals surface area contributed by atoms with Gasteiger partial charge in [0.15, 0.2) is 0 Å². The summed E-state index contributed by atoms with van der Waals surface area (Å²) < 4.78 is 0. The standard InChI is InChI=1S/C18H27N3O2/c1-2-21(14-15-8-4-3-5-9-15)13-12-19-18(23)16-10-6-7-11-17(22)20-16/h3-5,8-9,16H,2,6-7,10-14H2,1H3,(H,19,23)(H,20,22). The number of nitrogens with zero attached hydrogens (tertiary/aromatic N) is 1. The molecule has 0 saturated carbocycles. The Bertz CT molecular complexity index is 504. The largest absolute Gasteiger partial charge is 0.353 e. The van der Waals surface area contributed by atoms with E-state index in [-0.39, 0.29) is 17.9 Å². The van der Waals surface area contributed by atoms with Gasteiger partial charge in [-0.2, -0.15) is 0 Å². The van der Waals surface area contributed by atoms with Crippen LogP contribution >= 0.6 is 0 Å². The molecule has 1 unspecified atom stereocenters. The van der Waals surface area contributed by atoms with Crippen molar-refractivity contribution in [2.24, 2.45) is 0 Å². The molecule has 1 aliphatic heterocycles. The van der Waals surface area contributed by atoms with Gasteiger partial charge < -0.3 is 10.6 Å². The van der Waals surface area contributed by atoms with E-state index in [4.69, 9.17) is 0 Å². The number of nitrogens with one attached hydrogen (secondary N) is 2. The van der Waals surface area contributed by atoms with E-state index >= 15 is 0 Å². The van der Waals surface area contributed by atoms with Crippen LogP contribution in [-0.2, 0) is 16.1 Å². The Balaban J connectivity index is 1.73. The number of carbonyl (C=O) groups excluding carboxylic acids is 2. The number of amides is 2. The average molecular weight is 317 g/mol. The predicted molar refractivity (Wildman–Crippen MR) is 90.8 cm³/mol. The van der Waals surface area contributed by atoms with Crippen LogP contribution in [0.2, 0.25) is 0 Å². The molecule has 5 heteroatoms. The molecule has 2 rings (SSSR count). The zero-order valence-electron chi connectivity index (χ0n) is 13.9. The SMILES string of the molecule is CCN(CCNC(=O)C1CCCCC(=O)N1)Cc1ccccc1. The monoisotopic (exact) mass is 317 g/mol. The summed E-state index contributed by atoms with van der Waals surface area (Å²) in [7, 11) is 0. The van der Waals surface area contributed by atoms with Gasteiger partial charge in [-0.15, -0.1) is 0 Å². The molecule has 2 amide bonds. The van der Waals surface area contributed by atoms with Crippen LogP contribution in [0.3, 0.4) is 0 Å². The fourth-order valence-electron chi connectivity index (χ4n) is 2.82. The van der Waals surface area contributed by atoms with Gasteiger partial charge in [-0.05, 0) is 24.9 Å². The Labute approximate surface area is 138 Å². The van der Waals surface area contributed by atoms with Gasteiger partial charge in [0.25, 0.3) is 0 Å². The summed E-state index contributed by atoms with van der Waals surface area (Å²) in [6.45, 7) is 5.35. The first-order valence-corrected chi connectivity index (χ1v) is 8.52. The number of likely N-dealkylation sites (N-methyl/N-ethyl adjacent to an activating group) is 1. The van der Waals surface area contributed by atoms with Crippen LogP contribution in [0, 0.1) is 0 Å². The zero-order valence-corrected chi connectivity index (χ0v) is 13.9. The number of carbonyl (C=O) groups is 2. The first-order valence-electron chi connectivity index (χ1n) is 8.52. The van der Waals surface area contributed by atoms with Crippen molar-refractivity contribution in [3.63, 3.8) is 0 Å². The molecule has 1 fully saturated rings. The quantitative estimate of drug-likeness (QED) is 0.804. The summed E-state index contributed by atoms with van der Waals surface area (Å²) in [6.07, 6.45) is 3.06. The summed E-state index contributed by atoms with van der Waals surface area (Å²) in [5, 5.41) is 5.76. The van der Waals surface area contributed by atoms with E-state index < -0.39 is 0 Å². The molecule has 23 heavy (non-hydrogen) atoms. The minimum atomic E-state index is -0.366. The van der Waals surface area contributed by atoms with Gasteiger partial charge in [0.2, 0.25) is 11.8 Å². The second-order valence-corrected chi connectivity index (χ2v) is 6.01. The number of hydrogen-bond acceptors (Lipinski definition) is 3. The third-order valence-corrected chi connectivity index (χ3v) is 4.22. The van der Waals surface area contributed by atoms with Crippen molar-refractivity contribution in [3.8, 4) is 0 Å². The smallest absolute Gasteiger partial charge is 0.242 e. The van der Waals surface area contributed by atoms with Crippen molar-refractivity contribution in [1.82, 2.24) is 15.5 Å². The lowest BCUT2D eigenvalue weighted by Crippen LogP contribution is -2.47. The van der Waals surface area contributed by atoms with Crippen molar-refractivity contribution in [2.45, 2.75) is 45.2 Å². The Morgan fingerprint density at radius 3 is 2.83 bits per heavy atom. The van der Waals surface area contributed by atoms with Crippen LogP contribution in [0.4, 0.5) is 0 Å². The maximum atomic E-state index is 12.2. The second-order valence-electron chi connectivity index (χ2n) is 6.01. The van der Waals surface area contributed by atoms with Crippen molar-refractivity contribution in [2.75, 3.05) is 19.6 Å². The topological polar surface area (TPSA) is 61.4 Å². The molecular formula is C18H27N3O2. The minimum Gasteiger partial charge on any atom is -0.353 e. The molecule has 1 aliphatic rings. The molecule has 0 bridgehead atoms. The van der Waals surface area contributed by atoms with Gasteiger partial charge in [-0.3, -0.25) is 14.5 Å². The van der Waals surface area contributed by atoms with Gasteiger partial charge in [-0.25, -0.2) is 0 Å². The highest BCUT2D eigenvalue weighted by Crippen LogP contribution is 2.09. The maximum Gasteiger partial charge on any atom is 0.242 e. The van der Waals surface area contributed by atoms with E-state index in [2.05, 4.69) is 34.6 Å². The molecule has 1 atom stereocenters. The molecule has 0 spiro atoms. The highest BCUT2D eigenvalue weighted by atomic mass is 16.2. The minimum absolute atomic E-state index is 0.0121. The highest BCUT2D eigenvalue weighted by Gasteiger charge is 2.22. The van der Waals surface area contributed by atoms with Crippen LogP contribution in [0.25, 0.3) is 0 Å². The highest BCUT2D eigenvalue weighted by molar-refractivity contribution is 5.87. The van der Waals surface area contributed by atoms with E-state index in [0.717, 1.165) is 38.9 Å². The molecular weight excluding hydrogens is 290 g/mol. The molecule has 1 heterocycles. The number of benzene rings is 1. The van der Waals surface area contributed by atoms with Crippen LogP contribution in [0.15, 0.2) is 30.3 Å². The average Bonchev–Trinajstić information content (AvgIpc) is 2.79. The summed E-state index contributed by atoms with van der Waals surface area (Å²) in [5.74, 6) is -0.0714. The first kappa shape index (κ1) is 17.5. The normalized spacial score (nSPS) is 18.3. The van der Waals surface area contributed by atoms with Gasteiger partial charge in [0, 0.05) is 26.1 Å². The molecule has 126 valence electrons. The van der Waals surface area contributed by atoms with E-state index in [1.807, 2.05) is 18.2 Å². The molecule has 1 saturated heterocycles. The number of hydrogen-bond donors (Lipinski definition) is 2. The molecule has 0 radical (unpaired) electrons. The number of rotatable bonds is 7. The van der Waals surface area contributed by atoms with E-state index in [0.29, 0.717) is 13.0 Å². The lowest BCUT2D eigenvalue weighted by molar-refractivity contribution is -0.128. The van der Waals surface area contributed by atoms with E-state index in [1.54, 1.807) is 0 Å². The molecule has 0 aromatic heterocycles. The third-order valence-electron chi connectivity index (χ3n) is 4.22. The van der Waals surface area contributed by atoms with Crippen molar-refractivity contribution in [1.29, 1.82) is 0 Å². The van der Waals surface area contributed by atoms with Gasteiger partial charge in [0.1, 0.15) is 6.04 Å². The predicted octanol–water partition coefficient (Wildman–Crippen LogP) is 1.68.